The molecule has 0 aliphatic rings. The molecule has 3 heteroatoms. The molecule has 21 heavy (non-hydrogen) atoms. The topological polar surface area (TPSA) is 35.5 Å². The Labute approximate surface area is 130 Å². The summed E-state index contributed by atoms with van der Waals surface area (Å²) in [5.74, 6) is 0. The summed E-state index contributed by atoms with van der Waals surface area (Å²) < 4.78 is 0. The van der Waals surface area contributed by atoms with E-state index in [1.165, 1.54) is 11.3 Å². The van der Waals surface area contributed by atoms with Gasteiger partial charge in [-0.15, -0.1) is 0 Å². The zero-order valence-corrected chi connectivity index (χ0v) is 14.5. The van der Waals surface area contributed by atoms with Crippen LogP contribution in [0.4, 0.5) is 5.69 Å². The van der Waals surface area contributed by atoms with E-state index in [0.29, 0.717) is 6.04 Å². The van der Waals surface area contributed by atoms with Gasteiger partial charge >= 0.3 is 0 Å². The van der Waals surface area contributed by atoms with Crippen molar-refractivity contribution in [2.24, 2.45) is 5.41 Å². The number of aliphatic hydroxyl groups is 1. The Hall–Kier alpha value is -1.06. The van der Waals surface area contributed by atoms with Crippen LogP contribution in [0.2, 0.25) is 0 Å². The third kappa shape index (κ3) is 6.06. The molecule has 1 aromatic carbocycles. The Morgan fingerprint density at radius 1 is 1.19 bits per heavy atom. The van der Waals surface area contributed by atoms with Crippen molar-refractivity contribution in [2.45, 2.75) is 53.2 Å². The highest BCUT2D eigenvalue weighted by atomic mass is 16.3. The monoisotopic (exact) mass is 292 g/mol. The van der Waals surface area contributed by atoms with Crippen LogP contribution in [0, 0.1) is 5.41 Å². The number of hydrogen-bond donors (Lipinski definition) is 2. The molecule has 1 rings (SSSR count). The van der Waals surface area contributed by atoms with Crippen LogP contribution in [-0.4, -0.2) is 31.3 Å². The predicted octanol–water partition coefficient (Wildman–Crippen LogP) is 3.59. The van der Waals surface area contributed by atoms with Crippen LogP contribution in [0.3, 0.4) is 0 Å². The molecule has 2 atom stereocenters. The largest absolute Gasteiger partial charge is 0.393 e. The lowest BCUT2D eigenvalue weighted by Gasteiger charge is -2.28. The molecule has 2 N–H and O–H groups in total. The van der Waals surface area contributed by atoms with E-state index in [1.807, 2.05) is 6.92 Å². The average Bonchev–Trinajstić information content (AvgIpc) is 2.43. The Kier molecular flexibility index (Phi) is 6.69. The molecule has 0 radical (unpaired) electrons. The fraction of sp³-hybridized carbons (Fsp3) is 0.667. The van der Waals surface area contributed by atoms with E-state index in [9.17, 15) is 5.11 Å². The van der Waals surface area contributed by atoms with E-state index < -0.39 is 0 Å². The predicted molar refractivity (Wildman–Crippen MR) is 91.9 cm³/mol. The van der Waals surface area contributed by atoms with Crippen molar-refractivity contribution >= 4 is 5.69 Å². The van der Waals surface area contributed by atoms with E-state index >= 15 is 0 Å². The van der Waals surface area contributed by atoms with Gasteiger partial charge in [-0.2, -0.15) is 0 Å². The fourth-order valence-corrected chi connectivity index (χ4v) is 2.62. The highest BCUT2D eigenvalue weighted by Crippen LogP contribution is 2.24. The van der Waals surface area contributed by atoms with Gasteiger partial charge < -0.3 is 15.3 Å². The van der Waals surface area contributed by atoms with Crippen molar-refractivity contribution in [3.63, 3.8) is 0 Å². The van der Waals surface area contributed by atoms with Gasteiger partial charge in [-0.3, -0.25) is 0 Å². The number of rotatable bonds is 8. The van der Waals surface area contributed by atoms with Gasteiger partial charge in [-0.05, 0) is 50.3 Å². The average molecular weight is 292 g/mol. The first kappa shape index (κ1) is 18.0. The van der Waals surface area contributed by atoms with Crippen LogP contribution in [0.1, 0.15) is 52.6 Å². The molecule has 120 valence electrons. The van der Waals surface area contributed by atoms with E-state index in [0.717, 1.165) is 19.5 Å². The zero-order chi connectivity index (χ0) is 16.0. The molecule has 1 aromatic rings. The van der Waals surface area contributed by atoms with Crippen molar-refractivity contribution in [3.05, 3.63) is 29.8 Å². The minimum absolute atomic E-state index is 0.102. The maximum absolute atomic E-state index is 9.54. The molecule has 3 nitrogen and oxygen atoms in total. The van der Waals surface area contributed by atoms with Crippen LogP contribution in [0.5, 0.6) is 0 Å². The first-order chi connectivity index (χ1) is 9.75. The van der Waals surface area contributed by atoms with Crippen LogP contribution in [-0.2, 0) is 0 Å². The Morgan fingerprint density at radius 3 is 2.24 bits per heavy atom. The first-order valence-electron chi connectivity index (χ1n) is 7.97. The van der Waals surface area contributed by atoms with Gasteiger partial charge in [0.05, 0.1) is 6.10 Å². The minimum atomic E-state index is -0.249. The molecule has 0 aliphatic carbocycles. The van der Waals surface area contributed by atoms with Crippen molar-refractivity contribution in [1.82, 2.24) is 5.32 Å². The summed E-state index contributed by atoms with van der Waals surface area (Å²) >= 11 is 0. The fourth-order valence-electron chi connectivity index (χ4n) is 2.62. The maximum atomic E-state index is 9.54. The highest BCUT2D eigenvalue weighted by Gasteiger charge is 2.21. The van der Waals surface area contributed by atoms with Gasteiger partial charge in [0.2, 0.25) is 0 Å². The molecular formula is C18H32N2O. The third-order valence-corrected chi connectivity index (χ3v) is 4.04. The Balaban J connectivity index is 2.57. The van der Waals surface area contributed by atoms with Gasteiger partial charge in [-0.1, -0.05) is 26.0 Å². The van der Waals surface area contributed by atoms with Gasteiger partial charge in [0.15, 0.2) is 0 Å². The standard InChI is InChI=1S/C18H32N2O/c1-7-20(6)17-10-8-16(9-11-17)15(3)19-13-18(4,5)12-14(2)21/h8-11,14-15,19,21H,7,12-13H2,1-6H3. The van der Waals surface area contributed by atoms with E-state index in [-0.39, 0.29) is 11.5 Å². The lowest BCUT2D eigenvalue weighted by atomic mass is 9.86. The van der Waals surface area contributed by atoms with Crippen molar-refractivity contribution in [1.29, 1.82) is 0 Å². The quantitative estimate of drug-likeness (QED) is 0.768. The Morgan fingerprint density at radius 2 is 1.76 bits per heavy atom. The van der Waals surface area contributed by atoms with E-state index in [4.69, 9.17) is 0 Å². The number of hydrogen-bond acceptors (Lipinski definition) is 3. The second kappa shape index (κ2) is 7.81. The number of nitrogens with zero attached hydrogens (tertiary/aromatic N) is 1. The molecule has 0 amide bonds. The summed E-state index contributed by atoms with van der Waals surface area (Å²) in [6, 6.07) is 9.07. The minimum Gasteiger partial charge on any atom is -0.393 e. The van der Waals surface area contributed by atoms with E-state index in [2.05, 4.69) is 69.2 Å². The van der Waals surface area contributed by atoms with Gasteiger partial charge in [0.25, 0.3) is 0 Å². The van der Waals surface area contributed by atoms with Crippen LogP contribution in [0.25, 0.3) is 0 Å². The number of anilines is 1. The van der Waals surface area contributed by atoms with Crippen LogP contribution < -0.4 is 10.2 Å². The Bertz CT molecular complexity index is 412. The molecule has 0 fully saturated rings. The van der Waals surface area contributed by atoms with Crippen LogP contribution >= 0.6 is 0 Å². The third-order valence-electron chi connectivity index (χ3n) is 4.04. The molecule has 0 saturated heterocycles. The molecule has 2 unspecified atom stereocenters. The van der Waals surface area contributed by atoms with Crippen molar-refractivity contribution in [2.75, 3.05) is 25.0 Å². The molecule has 0 aliphatic heterocycles. The second-order valence-corrected chi connectivity index (χ2v) is 6.93. The second-order valence-electron chi connectivity index (χ2n) is 6.93. The van der Waals surface area contributed by atoms with Gasteiger partial charge in [0, 0.05) is 31.9 Å². The maximum Gasteiger partial charge on any atom is 0.0517 e. The summed E-state index contributed by atoms with van der Waals surface area (Å²) in [4.78, 5) is 2.23. The molecule has 0 spiro atoms. The molecule has 0 saturated carbocycles. The summed E-state index contributed by atoms with van der Waals surface area (Å²) in [5, 5.41) is 13.1. The summed E-state index contributed by atoms with van der Waals surface area (Å²) in [7, 11) is 2.11. The molecular weight excluding hydrogens is 260 g/mol. The lowest BCUT2D eigenvalue weighted by Crippen LogP contribution is -2.33. The summed E-state index contributed by atoms with van der Waals surface area (Å²) in [6.45, 7) is 12.5. The van der Waals surface area contributed by atoms with Gasteiger partial charge in [-0.25, -0.2) is 0 Å². The molecule has 0 heterocycles. The highest BCUT2D eigenvalue weighted by molar-refractivity contribution is 5.47. The SMILES string of the molecule is CCN(C)c1ccc(C(C)NCC(C)(C)CC(C)O)cc1. The molecule has 0 bridgehead atoms. The van der Waals surface area contributed by atoms with Crippen LogP contribution in [0.15, 0.2) is 24.3 Å². The van der Waals surface area contributed by atoms with Crippen molar-refractivity contribution < 1.29 is 5.11 Å². The van der Waals surface area contributed by atoms with Gasteiger partial charge in [0.1, 0.15) is 0 Å². The molecule has 0 aromatic heterocycles. The smallest absolute Gasteiger partial charge is 0.0517 e. The number of benzene rings is 1. The van der Waals surface area contributed by atoms with Crippen molar-refractivity contribution in [3.8, 4) is 0 Å². The number of nitrogens with one attached hydrogen (secondary N) is 1. The number of aliphatic hydroxyl groups excluding tert-OH is 1. The summed E-state index contributed by atoms with van der Waals surface area (Å²) in [6.07, 6.45) is 0.563. The zero-order valence-electron chi connectivity index (χ0n) is 14.5. The van der Waals surface area contributed by atoms with E-state index in [1.54, 1.807) is 0 Å². The first-order valence-corrected chi connectivity index (χ1v) is 7.97. The summed E-state index contributed by atoms with van der Waals surface area (Å²) in [5.41, 5.74) is 2.66. The lowest BCUT2D eigenvalue weighted by molar-refractivity contribution is 0.127. The normalized spacial score (nSPS) is 14.8.